The molecule has 0 fully saturated rings. The lowest BCUT2D eigenvalue weighted by atomic mass is 10.1. The molecule has 0 saturated carbocycles. The minimum atomic E-state index is -0.799. The molecule has 334 valence electrons. The third-order valence-corrected chi connectivity index (χ3v) is 9.55. The highest BCUT2D eigenvalue weighted by molar-refractivity contribution is 5.71. The van der Waals surface area contributed by atoms with Gasteiger partial charge in [-0.3, -0.25) is 14.4 Å². The van der Waals surface area contributed by atoms with Gasteiger partial charge in [0.25, 0.3) is 0 Å². The van der Waals surface area contributed by atoms with E-state index in [2.05, 4.69) is 118 Å². The molecule has 1 atom stereocenters. The summed E-state index contributed by atoms with van der Waals surface area (Å²) in [5.41, 5.74) is 0. The Morgan fingerprint density at radius 1 is 0.356 bits per heavy atom. The first-order chi connectivity index (χ1) is 29.0. The Labute approximate surface area is 362 Å². The molecule has 0 aliphatic rings. The molecule has 0 rings (SSSR count). The average Bonchev–Trinajstić information content (AvgIpc) is 3.23. The monoisotopic (exact) mass is 819 g/mol. The van der Waals surface area contributed by atoms with Crippen LogP contribution in [0.15, 0.2) is 97.2 Å². The summed E-state index contributed by atoms with van der Waals surface area (Å²) in [4.78, 5) is 37.7. The number of hydrogen-bond acceptors (Lipinski definition) is 6. The van der Waals surface area contributed by atoms with Crippen LogP contribution in [-0.4, -0.2) is 37.2 Å². The molecule has 6 nitrogen and oxygen atoms in total. The molecule has 0 saturated heterocycles. The molecule has 0 bridgehead atoms. The topological polar surface area (TPSA) is 78.9 Å². The van der Waals surface area contributed by atoms with Crippen molar-refractivity contribution in [3.63, 3.8) is 0 Å². The van der Waals surface area contributed by atoms with E-state index in [1.807, 2.05) is 0 Å². The zero-order chi connectivity index (χ0) is 43.0. The number of carbonyl (C=O) groups excluding carboxylic acids is 3. The van der Waals surface area contributed by atoms with Crippen LogP contribution in [0.1, 0.15) is 201 Å². The lowest BCUT2D eigenvalue weighted by molar-refractivity contribution is -0.167. The van der Waals surface area contributed by atoms with Gasteiger partial charge in [-0.2, -0.15) is 0 Å². The smallest absolute Gasteiger partial charge is 0.306 e. The molecule has 0 heterocycles. The predicted molar refractivity (Wildman–Crippen MR) is 251 cm³/mol. The Morgan fingerprint density at radius 3 is 1.14 bits per heavy atom. The summed E-state index contributed by atoms with van der Waals surface area (Å²) in [7, 11) is 0. The van der Waals surface area contributed by atoms with Crippen molar-refractivity contribution >= 4 is 17.9 Å². The van der Waals surface area contributed by atoms with Crippen molar-refractivity contribution in [3.8, 4) is 0 Å². The van der Waals surface area contributed by atoms with E-state index in [1.165, 1.54) is 32.1 Å². The minimum Gasteiger partial charge on any atom is -0.462 e. The van der Waals surface area contributed by atoms with Gasteiger partial charge in [-0.1, -0.05) is 182 Å². The highest BCUT2D eigenvalue weighted by Gasteiger charge is 2.19. The second-order valence-electron chi connectivity index (χ2n) is 15.3. The molecule has 0 radical (unpaired) electrons. The van der Waals surface area contributed by atoms with E-state index in [4.69, 9.17) is 14.2 Å². The quantitative estimate of drug-likeness (QED) is 0.0265. The van der Waals surface area contributed by atoms with Gasteiger partial charge in [0.15, 0.2) is 6.10 Å². The molecule has 0 N–H and O–H groups in total. The average molecular weight is 819 g/mol. The highest BCUT2D eigenvalue weighted by Crippen LogP contribution is 2.12. The molecule has 0 aliphatic carbocycles. The van der Waals surface area contributed by atoms with Gasteiger partial charge >= 0.3 is 17.9 Å². The van der Waals surface area contributed by atoms with Crippen molar-refractivity contribution in [2.24, 2.45) is 0 Å². The normalized spacial score (nSPS) is 12.9. The SMILES string of the molecule is CC/C=C\C/C=C\C/C=C\C/C=C\C/C=C\C/C=C\CCCCC(=O)OCC(COC(=O)CCCCCCCCC)OC(=O)CCCCCCC/C=C\C/C=C\CCC. The third kappa shape index (κ3) is 45.3. The van der Waals surface area contributed by atoms with Crippen LogP contribution in [0.4, 0.5) is 0 Å². The molecule has 59 heavy (non-hydrogen) atoms. The van der Waals surface area contributed by atoms with E-state index in [1.54, 1.807) is 0 Å². The van der Waals surface area contributed by atoms with Crippen LogP contribution in [0.3, 0.4) is 0 Å². The van der Waals surface area contributed by atoms with Crippen LogP contribution in [0.5, 0.6) is 0 Å². The van der Waals surface area contributed by atoms with Gasteiger partial charge in [0.2, 0.25) is 0 Å². The fraction of sp³-hybridized carbons (Fsp3) is 0.642. The first-order valence-electron chi connectivity index (χ1n) is 23.7. The summed E-state index contributed by atoms with van der Waals surface area (Å²) in [6.45, 7) is 6.34. The molecule has 1 unspecified atom stereocenters. The number of carbonyl (C=O) groups is 3. The Kier molecular flexibility index (Phi) is 44.1. The van der Waals surface area contributed by atoms with E-state index in [0.29, 0.717) is 19.3 Å². The maximum atomic E-state index is 12.7. The molecule has 0 aliphatic heterocycles. The Hall–Kier alpha value is -3.67. The summed E-state index contributed by atoms with van der Waals surface area (Å²) >= 11 is 0. The van der Waals surface area contributed by atoms with Crippen molar-refractivity contribution in [1.82, 2.24) is 0 Å². The van der Waals surface area contributed by atoms with Crippen LogP contribution in [0.25, 0.3) is 0 Å². The molecule has 0 aromatic rings. The number of rotatable bonds is 41. The fourth-order valence-corrected chi connectivity index (χ4v) is 6.01. The molecule has 0 aromatic carbocycles. The number of unbranched alkanes of at least 4 members (excludes halogenated alkanes) is 14. The maximum Gasteiger partial charge on any atom is 0.306 e. The van der Waals surface area contributed by atoms with E-state index < -0.39 is 6.10 Å². The fourth-order valence-electron chi connectivity index (χ4n) is 6.01. The Bertz CT molecular complexity index is 1220. The largest absolute Gasteiger partial charge is 0.462 e. The Balaban J connectivity index is 4.39. The van der Waals surface area contributed by atoms with Gasteiger partial charge in [0, 0.05) is 19.3 Å². The summed E-state index contributed by atoms with van der Waals surface area (Å²) in [5.74, 6) is -0.973. The second kappa shape index (κ2) is 47.0. The lowest BCUT2D eigenvalue weighted by Crippen LogP contribution is -2.30. The maximum absolute atomic E-state index is 12.7. The minimum absolute atomic E-state index is 0.0983. The van der Waals surface area contributed by atoms with Crippen molar-refractivity contribution < 1.29 is 28.6 Å². The first kappa shape index (κ1) is 55.3. The van der Waals surface area contributed by atoms with Gasteiger partial charge in [-0.25, -0.2) is 0 Å². The van der Waals surface area contributed by atoms with Crippen LogP contribution in [0, 0.1) is 0 Å². The molecule has 0 spiro atoms. The lowest BCUT2D eigenvalue weighted by Gasteiger charge is -2.18. The molecular weight excluding hydrogens is 733 g/mol. The summed E-state index contributed by atoms with van der Waals surface area (Å²) in [6, 6.07) is 0. The Morgan fingerprint density at radius 2 is 0.695 bits per heavy atom. The molecule has 0 amide bonds. The molecule has 6 heteroatoms. The summed E-state index contributed by atoms with van der Waals surface area (Å²) in [5, 5.41) is 0. The van der Waals surface area contributed by atoms with Gasteiger partial charge in [-0.15, -0.1) is 0 Å². The van der Waals surface area contributed by atoms with Crippen molar-refractivity contribution in [3.05, 3.63) is 97.2 Å². The number of allylic oxidation sites excluding steroid dienone is 16. The van der Waals surface area contributed by atoms with Gasteiger partial charge in [-0.05, 0) is 96.3 Å². The van der Waals surface area contributed by atoms with E-state index >= 15 is 0 Å². The predicted octanol–water partition coefficient (Wildman–Crippen LogP) is 15.4. The van der Waals surface area contributed by atoms with E-state index in [0.717, 1.165) is 128 Å². The van der Waals surface area contributed by atoms with Crippen molar-refractivity contribution in [2.45, 2.75) is 207 Å². The standard InChI is InChI=1S/C53H86O6/c1-4-7-10-13-16-18-20-22-23-24-25-26-27-28-29-31-32-34-37-40-43-46-52(55)58-49-50(48-57-51(54)45-42-39-36-15-12-9-6-3)59-53(56)47-44-41-38-35-33-30-21-19-17-14-11-8-5-2/h7,10-11,14,16,18-19,21-23,25-26,28-29,32,34,50H,4-6,8-9,12-13,15,17,20,24,27,30-31,33,35-49H2,1-3H3/b10-7-,14-11-,18-16-,21-19-,23-22-,26-25-,29-28-,34-32-. The van der Waals surface area contributed by atoms with Crippen molar-refractivity contribution in [1.29, 1.82) is 0 Å². The van der Waals surface area contributed by atoms with Crippen LogP contribution < -0.4 is 0 Å². The van der Waals surface area contributed by atoms with Crippen LogP contribution >= 0.6 is 0 Å². The van der Waals surface area contributed by atoms with E-state index in [-0.39, 0.29) is 31.1 Å². The zero-order valence-electron chi connectivity index (χ0n) is 38.0. The van der Waals surface area contributed by atoms with Gasteiger partial charge in [0.1, 0.15) is 13.2 Å². The number of esters is 3. The second-order valence-corrected chi connectivity index (χ2v) is 15.3. The number of ether oxygens (including phenoxy) is 3. The molecular formula is C53H86O6. The van der Waals surface area contributed by atoms with Gasteiger partial charge < -0.3 is 14.2 Å². The molecule has 0 aromatic heterocycles. The number of hydrogen-bond donors (Lipinski definition) is 0. The summed E-state index contributed by atoms with van der Waals surface area (Å²) in [6.07, 6.45) is 61.2. The highest BCUT2D eigenvalue weighted by atomic mass is 16.6. The van der Waals surface area contributed by atoms with Crippen LogP contribution in [0.2, 0.25) is 0 Å². The summed E-state index contributed by atoms with van der Waals surface area (Å²) < 4.78 is 16.6. The van der Waals surface area contributed by atoms with E-state index in [9.17, 15) is 14.4 Å². The van der Waals surface area contributed by atoms with Crippen molar-refractivity contribution in [2.75, 3.05) is 13.2 Å². The van der Waals surface area contributed by atoms with Crippen LogP contribution in [-0.2, 0) is 28.6 Å². The van der Waals surface area contributed by atoms with Gasteiger partial charge in [0.05, 0.1) is 0 Å². The zero-order valence-corrected chi connectivity index (χ0v) is 38.0. The third-order valence-electron chi connectivity index (χ3n) is 9.55. The first-order valence-corrected chi connectivity index (χ1v) is 23.7.